The Balaban J connectivity index is 1.18. The van der Waals surface area contributed by atoms with Crippen molar-refractivity contribution in [2.45, 2.75) is 19.3 Å². The zero-order valence-corrected chi connectivity index (χ0v) is 33.2. The quantitative estimate of drug-likeness (QED) is 0.157. The summed E-state index contributed by atoms with van der Waals surface area (Å²) < 4.78 is 2.39. The molecule has 0 N–H and O–H groups in total. The monoisotopic (exact) mass is 754 g/mol. The number of hydrogen-bond donors (Lipinski definition) is 0. The van der Waals surface area contributed by atoms with Gasteiger partial charge in [0.1, 0.15) is 0 Å². The lowest BCUT2D eigenvalue weighted by Gasteiger charge is -2.30. The Bertz CT molecular complexity index is 3170. The number of fused-ring (bicyclic) bond motifs is 6. The second kappa shape index (κ2) is 13.9. The third-order valence-corrected chi connectivity index (χ3v) is 12.4. The molecular weight excluding hydrogens is 713 g/mol. The number of aromatic nitrogens is 1. The van der Waals surface area contributed by atoms with Crippen LogP contribution in [0.2, 0.25) is 0 Å². The fraction of sp³-hybridized carbons (Fsp3) is 0.0526. The Morgan fingerprint density at radius 1 is 0.373 bits per heavy atom. The highest BCUT2D eigenvalue weighted by atomic mass is 15.1. The maximum absolute atomic E-state index is 2.47. The molecule has 0 spiro atoms. The molecule has 0 fully saturated rings. The van der Waals surface area contributed by atoms with Crippen molar-refractivity contribution >= 4 is 38.9 Å². The average molecular weight is 755 g/mol. The number of rotatable bonds is 7. The molecule has 0 bridgehead atoms. The van der Waals surface area contributed by atoms with Crippen molar-refractivity contribution in [3.8, 4) is 50.2 Å². The number of para-hydroxylation sites is 2. The third kappa shape index (κ3) is 5.71. The molecule has 1 aromatic heterocycles. The predicted octanol–water partition coefficient (Wildman–Crippen LogP) is 15.6. The Hall–Kier alpha value is -7.42. The lowest BCUT2D eigenvalue weighted by molar-refractivity contribution is 0.660. The van der Waals surface area contributed by atoms with Gasteiger partial charge in [-0.25, -0.2) is 0 Å². The van der Waals surface area contributed by atoms with E-state index in [1.165, 1.54) is 77.4 Å². The second-order valence-corrected chi connectivity index (χ2v) is 16.1. The molecule has 0 aliphatic heterocycles. The average Bonchev–Trinajstić information content (AvgIpc) is 3.75. The van der Waals surface area contributed by atoms with Crippen LogP contribution in [0.4, 0.5) is 17.1 Å². The summed E-state index contributed by atoms with van der Waals surface area (Å²) in [5.41, 5.74) is 19.3. The van der Waals surface area contributed by atoms with Gasteiger partial charge >= 0.3 is 0 Å². The van der Waals surface area contributed by atoms with E-state index in [0.717, 1.165) is 22.7 Å². The summed E-state index contributed by atoms with van der Waals surface area (Å²) >= 11 is 0. The van der Waals surface area contributed by atoms with E-state index in [0.29, 0.717) is 0 Å². The summed E-state index contributed by atoms with van der Waals surface area (Å²) in [6.45, 7) is 4.70. The maximum atomic E-state index is 2.47. The van der Waals surface area contributed by atoms with Gasteiger partial charge in [-0.2, -0.15) is 0 Å². The first-order valence-electron chi connectivity index (χ1n) is 20.5. The molecule has 2 heteroatoms. The molecule has 0 radical (unpaired) electrons. The summed E-state index contributed by atoms with van der Waals surface area (Å²) in [7, 11) is 0. The molecule has 1 aliphatic rings. The van der Waals surface area contributed by atoms with E-state index in [4.69, 9.17) is 0 Å². The van der Waals surface area contributed by atoms with E-state index in [-0.39, 0.29) is 5.41 Å². The molecule has 0 unspecified atom stereocenters. The van der Waals surface area contributed by atoms with Crippen LogP contribution >= 0.6 is 0 Å². The second-order valence-electron chi connectivity index (χ2n) is 16.1. The van der Waals surface area contributed by atoms with Gasteiger partial charge in [-0.15, -0.1) is 0 Å². The SMILES string of the molecule is CC1(C)c2ccccc2-c2cc(-c3cccc(N(c4cccc(-c5ccccc5)c4)c4ccc5c(c4)c4ccccc4n5-c4ccccc4)c3-c3ccccc3)ccc21. The van der Waals surface area contributed by atoms with Crippen LogP contribution < -0.4 is 4.90 Å². The molecule has 0 amide bonds. The highest BCUT2D eigenvalue weighted by molar-refractivity contribution is 6.11. The molecule has 0 saturated heterocycles. The van der Waals surface area contributed by atoms with Gasteiger partial charge in [0.15, 0.2) is 0 Å². The van der Waals surface area contributed by atoms with Crippen LogP contribution in [0.25, 0.3) is 72.0 Å². The first-order valence-corrected chi connectivity index (χ1v) is 20.5. The molecule has 1 aliphatic carbocycles. The molecule has 2 nitrogen and oxygen atoms in total. The Kier molecular flexibility index (Phi) is 8.20. The third-order valence-electron chi connectivity index (χ3n) is 12.4. The number of benzene rings is 9. The minimum absolute atomic E-state index is 0.0581. The van der Waals surface area contributed by atoms with Crippen molar-refractivity contribution in [2.75, 3.05) is 4.90 Å². The van der Waals surface area contributed by atoms with Gasteiger partial charge in [0.2, 0.25) is 0 Å². The molecule has 11 rings (SSSR count). The lowest BCUT2D eigenvalue weighted by Crippen LogP contribution is -2.14. The van der Waals surface area contributed by atoms with Gasteiger partial charge in [0, 0.05) is 38.8 Å². The van der Waals surface area contributed by atoms with Crippen LogP contribution in [-0.2, 0) is 5.41 Å². The fourth-order valence-corrected chi connectivity index (χ4v) is 9.60. The summed E-state index contributed by atoms with van der Waals surface area (Å²) in [5, 5.41) is 2.44. The molecule has 280 valence electrons. The highest BCUT2D eigenvalue weighted by Gasteiger charge is 2.35. The normalized spacial score (nSPS) is 12.7. The molecule has 1 heterocycles. The number of anilines is 3. The number of hydrogen-bond acceptors (Lipinski definition) is 1. The van der Waals surface area contributed by atoms with Crippen molar-refractivity contribution in [1.82, 2.24) is 4.57 Å². The largest absolute Gasteiger partial charge is 0.310 e. The summed E-state index contributed by atoms with van der Waals surface area (Å²) in [6.07, 6.45) is 0. The smallest absolute Gasteiger partial charge is 0.0546 e. The van der Waals surface area contributed by atoms with Crippen molar-refractivity contribution in [1.29, 1.82) is 0 Å². The Morgan fingerprint density at radius 2 is 0.983 bits per heavy atom. The summed E-state index contributed by atoms with van der Waals surface area (Å²) in [5.74, 6) is 0. The van der Waals surface area contributed by atoms with E-state index in [9.17, 15) is 0 Å². The van der Waals surface area contributed by atoms with Crippen LogP contribution in [0.1, 0.15) is 25.0 Å². The lowest BCUT2D eigenvalue weighted by atomic mass is 9.82. The van der Waals surface area contributed by atoms with Gasteiger partial charge in [-0.1, -0.05) is 172 Å². The van der Waals surface area contributed by atoms with Crippen LogP contribution in [-0.4, -0.2) is 4.57 Å². The van der Waals surface area contributed by atoms with Crippen LogP contribution in [0.3, 0.4) is 0 Å². The van der Waals surface area contributed by atoms with E-state index in [2.05, 4.69) is 242 Å². The zero-order chi connectivity index (χ0) is 39.5. The zero-order valence-electron chi connectivity index (χ0n) is 33.2. The minimum Gasteiger partial charge on any atom is -0.310 e. The Labute approximate surface area is 345 Å². The van der Waals surface area contributed by atoms with E-state index >= 15 is 0 Å². The molecule has 10 aromatic rings. The van der Waals surface area contributed by atoms with Gasteiger partial charge in [0.05, 0.1) is 16.7 Å². The molecular formula is C57H42N2. The van der Waals surface area contributed by atoms with E-state index in [1.807, 2.05) is 0 Å². The van der Waals surface area contributed by atoms with Gasteiger partial charge in [-0.3, -0.25) is 0 Å². The standard InChI is InChI=1S/C57H42N2/c1-57(2)51-29-14-12-26-47(51)49-37-42(32-34-52(49)57)46-28-17-31-55(56(46)40-20-8-4-9-21-40)58(44-25-16-22-41(36-44)39-18-6-3-7-19-39)45-33-35-54-50(38-45)48-27-13-15-30-53(48)59(54)43-23-10-5-11-24-43/h3-38H,1-2H3. The van der Waals surface area contributed by atoms with Gasteiger partial charge in [-0.05, 0) is 111 Å². The van der Waals surface area contributed by atoms with Crippen molar-refractivity contribution in [3.05, 3.63) is 230 Å². The predicted molar refractivity (Wildman–Crippen MR) is 249 cm³/mol. The van der Waals surface area contributed by atoms with Crippen molar-refractivity contribution < 1.29 is 0 Å². The Morgan fingerprint density at radius 3 is 1.80 bits per heavy atom. The fourth-order valence-electron chi connectivity index (χ4n) is 9.60. The molecule has 9 aromatic carbocycles. The first kappa shape index (κ1) is 34.8. The van der Waals surface area contributed by atoms with E-state index in [1.54, 1.807) is 0 Å². The van der Waals surface area contributed by atoms with E-state index < -0.39 is 0 Å². The molecule has 0 atom stereocenters. The minimum atomic E-state index is -0.0581. The summed E-state index contributed by atoms with van der Waals surface area (Å²) in [6, 6.07) is 79.9. The maximum Gasteiger partial charge on any atom is 0.0546 e. The van der Waals surface area contributed by atoms with Gasteiger partial charge < -0.3 is 9.47 Å². The molecule has 59 heavy (non-hydrogen) atoms. The highest BCUT2D eigenvalue weighted by Crippen LogP contribution is 2.52. The first-order chi connectivity index (χ1) is 29.0. The van der Waals surface area contributed by atoms with Crippen LogP contribution in [0, 0.1) is 0 Å². The summed E-state index contributed by atoms with van der Waals surface area (Å²) in [4.78, 5) is 2.47. The van der Waals surface area contributed by atoms with Crippen molar-refractivity contribution in [3.63, 3.8) is 0 Å². The van der Waals surface area contributed by atoms with Crippen LogP contribution in [0.15, 0.2) is 218 Å². The van der Waals surface area contributed by atoms with Crippen LogP contribution in [0.5, 0.6) is 0 Å². The number of nitrogens with zero attached hydrogens (tertiary/aromatic N) is 2. The van der Waals surface area contributed by atoms with Crippen molar-refractivity contribution in [2.24, 2.45) is 0 Å². The topological polar surface area (TPSA) is 8.17 Å². The molecule has 0 saturated carbocycles. The van der Waals surface area contributed by atoms with Gasteiger partial charge in [0.25, 0.3) is 0 Å².